The maximum Gasteiger partial charge on any atom is 0.569 e. The normalized spacial score (nSPS) is 10.7. The molecule has 0 aliphatic carbocycles. The number of pyridine rings is 6. The van der Waals surface area contributed by atoms with E-state index < -0.39 is 0 Å². The Labute approximate surface area is 507 Å². The number of rotatable bonds is 8. The van der Waals surface area contributed by atoms with E-state index >= 15 is 0 Å². The van der Waals surface area contributed by atoms with Gasteiger partial charge in [-0.15, -0.1) is 0 Å². The van der Waals surface area contributed by atoms with E-state index in [1.807, 2.05) is 85.5 Å². The van der Waals surface area contributed by atoms with E-state index in [1.54, 1.807) is 43.1 Å². The van der Waals surface area contributed by atoms with E-state index in [-0.39, 0.29) is 0 Å². The van der Waals surface area contributed by atoms with Gasteiger partial charge < -0.3 is 14.1 Å². The lowest BCUT2D eigenvalue weighted by atomic mass is 9.93. The summed E-state index contributed by atoms with van der Waals surface area (Å²) in [5.41, 5.74) is 15.7. The molecule has 0 bridgehead atoms. The van der Waals surface area contributed by atoms with Crippen molar-refractivity contribution in [2.75, 3.05) is 0 Å². The first kappa shape index (κ1) is 55.4. The van der Waals surface area contributed by atoms with Gasteiger partial charge in [0, 0.05) is 128 Å². The Hall–Kier alpha value is -8.50. The van der Waals surface area contributed by atoms with Crippen molar-refractivity contribution in [2.24, 2.45) is 0 Å². The Morgan fingerprint density at radius 1 is 0.354 bits per heavy atom. The summed E-state index contributed by atoms with van der Waals surface area (Å²) < 4.78 is 15.4. The van der Waals surface area contributed by atoms with Crippen LogP contribution < -0.4 is 4.65 Å². The molecule has 7 aromatic carbocycles. The molecule has 0 unspecified atom stereocenters. The Kier molecular flexibility index (Phi) is 17.8. The lowest BCUT2D eigenvalue weighted by Gasteiger charge is -2.14. The van der Waals surface area contributed by atoms with Crippen LogP contribution >= 0.6 is 63.7 Å². The zero-order chi connectivity index (χ0) is 56.2. The summed E-state index contributed by atoms with van der Waals surface area (Å²) in [6.07, 6.45) is 17.9. The van der Waals surface area contributed by atoms with E-state index in [4.69, 9.17) is 14.4 Å². The molecule has 82 heavy (non-hydrogen) atoms. The maximum absolute atomic E-state index is 8.14. The molecule has 0 aliphatic rings. The molecule has 0 spiro atoms. The van der Waals surface area contributed by atoms with Crippen molar-refractivity contribution in [1.29, 1.82) is 0 Å². The number of hydrogen-bond acceptors (Lipinski definition) is 9. The molecule has 0 aliphatic heterocycles. The Morgan fingerprint density at radius 2 is 0.793 bits per heavy atom. The summed E-state index contributed by atoms with van der Waals surface area (Å²) in [6.45, 7) is 0. The zero-order valence-corrected chi connectivity index (χ0v) is 49.7. The summed E-state index contributed by atoms with van der Waals surface area (Å²) >= 11 is 13.6. The molecule has 14 aromatic rings. The van der Waals surface area contributed by atoms with Crippen molar-refractivity contribution >= 4 is 115 Å². The topological polar surface area (TPSA) is 120 Å². The SMILES string of the molecule is Brc1cc(-c2cccnc2)cc(-c2cccnc2)c1.Brc1cc(Br)cc(Br)c1.O[B]Oc1cccnc1.c1ccc(-c2nc3cc(-c4cc(-c5cccnc5)cc(-c5cccnc5)c4)ccc3c3c2ccc2c4ccccc4oc23)cc1. The second-order valence-corrected chi connectivity index (χ2v) is 22.2. The van der Waals surface area contributed by atoms with Gasteiger partial charge in [-0.3, -0.25) is 24.9 Å². The third-order valence-corrected chi connectivity index (χ3v) is 15.0. The van der Waals surface area contributed by atoms with Crippen LogP contribution in [0.5, 0.6) is 5.75 Å². The van der Waals surface area contributed by atoms with Gasteiger partial charge in [0.15, 0.2) is 0 Å². The van der Waals surface area contributed by atoms with Crippen LogP contribution in [0, 0.1) is 0 Å². The van der Waals surface area contributed by atoms with Gasteiger partial charge in [0.2, 0.25) is 0 Å². The minimum Gasteiger partial charge on any atom is -0.536 e. The number of halogens is 4. The molecule has 1 N–H and O–H groups in total. The van der Waals surface area contributed by atoms with Crippen LogP contribution in [0.1, 0.15) is 0 Å². The molecule has 0 fully saturated rings. The molecule has 0 amide bonds. The predicted octanol–water partition coefficient (Wildman–Crippen LogP) is 19.3. The van der Waals surface area contributed by atoms with Gasteiger partial charge in [0.1, 0.15) is 16.9 Å². The van der Waals surface area contributed by atoms with Crippen LogP contribution in [-0.2, 0) is 0 Å². The number of aromatic nitrogens is 6. The second-order valence-electron chi connectivity index (χ2n) is 18.5. The first-order valence-electron chi connectivity index (χ1n) is 25.7. The highest BCUT2D eigenvalue weighted by atomic mass is 79.9. The van der Waals surface area contributed by atoms with Gasteiger partial charge in [-0.2, -0.15) is 0 Å². The van der Waals surface area contributed by atoms with Crippen molar-refractivity contribution in [3.63, 3.8) is 0 Å². The van der Waals surface area contributed by atoms with Gasteiger partial charge in [-0.1, -0.05) is 155 Å². The van der Waals surface area contributed by atoms with Crippen molar-refractivity contribution in [1.82, 2.24) is 29.9 Å². The molecular formula is C68H44BBr4N6O3. The first-order chi connectivity index (χ1) is 40.2. The number of hydrogen-bond donors (Lipinski definition) is 1. The molecule has 7 heterocycles. The molecule has 0 atom stereocenters. The van der Waals surface area contributed by atoms with Crippen LogP contribution in [0.4, 0.5) is 0 Å². The summed E-state index contributed by atoms with van der Waals surface area (Å²) in [7, 11) is 0.622. The molecule has 1 radical (unpaired) electrons. The lowest BCUT2D eigenvalue weighted by Crippen LogP contribution is -1.99. The molecule has 0 saturated carbocycles. The van der Waals surface area contributed by atoms with E-state index in [9.17, 15) is 0 Å². The van der Waals surface area contributed by atoms with Crippen molar-refractivity contribution in [3.05, 3.63) is 280 Å². The summed E-state index contributed by atoms with van der Waals surface area (Å²) in [4.78, 5) is 26.2. The largest absolute Gasteiger partial charge is 0.569 e. The molecule has 7 aromatic heterocycles. The smallest absolute Gasteiger partial charge is 0.536 e. The highest BCUT2D eigenvalue weighted by molar-refractivity contribution is 9.11. The third kappa shape index (κ3) is 13.3. The van der Waals surface area contributed by atoms with Gasteiger partial charge in [0.05, 0.1) is 17.4 Å². The Bertz CT molecular complexity index is 4290. The van der Waals surface area contributed by atoms with E-state index in [0.717, 1.165) is 128 Å². The molecule has 395 valence electrons. The van der Waals surface area contributed by atoms with Crippen LogP contribution in [0.2, 0.25) is 0 Å². The fourth-order valence-corrected chi connectivity index (χ4v) is 12.3. The quantitative estimate of drug-likeness (QED) is 0.117. The standard InChI is InChI=1S/C41H25N3O.C16H11BrN2.C6H3Br3.C5H5BNO2/c1-2-8-26(9-3-1)40-36-17-16-34-33-12-4-5-13-38(33)45-41(34)39(36)35-15-14-27(23-37(35)44-40)30-20-31(28-10-6-18-42-24-28)22-32(21-30)29-11-7-19-43-25-29;17-16-8-14(12-3-1-5-18-10-12)7-15(9-16)13-4-2-6-19-11-13;7-4-1-5(8)3-6(9)2-4;8-6-9-5-2-1-3-7-4-5/h1-25H;1-11H;1-3H;1-4,8H. The number of fused-ring (bicyclic) bond motifs is 7. The van der Waals surface area contributed by atoms with Crippen molar-refractivity contribution in [2.45, 2.75) is 0 Å². The zero-order valence-electron chi connectivity index (χ0n) is 43.4. The Morgan fingerprint density at radius 3 is 1.29 bits per heavy atom. The molecule has 14 heteroatoms. The number of furan rings is 1. The van der Waals surface area contributed by atoms with Gasteiger partial charge in [-0.05, 0) is 143 Å². The third-order valence-electron chi connectivity index (χ3n) is 13.1. The Balaban J connectivity index is 0.000000154. The van der Waals surface area contributed by atoms with Gasteiger partial charge in [-0.25, -0.2) is 4.98 Å². The molecule has 0 saturated heterocycles. The maximum atomic E-state index is 8.14. The number of benzene rings is 7. The number of nitrogens with zero attached hydrogens (tertiary/aromatic N) is 6. The van der Waals surface area contributed by atoms with Crippen molar-refractivity contribution in [3.8, 4) is 72.6 Å². The second kappa shape index (κ2) is 26.4. The molecule has 9 nitrogen and oxygen atoms in total. The minimum atomic E-state index is 0.528. The van der Waals surface area contributed by atoms with Crippen LogP contribution in [0.25, 0.3) is 111 Å². The van der Waals surface area contributed by atoms with Crippen LogP contribution in [0.3, 0.4) is 0 Å². The van der Waals surface area contributed by atoms with Gasteiger partial charge in [0.25, 0.3) is 0 Å². The molecular weight excluding hydrogens is 1280 g/mol. The highest BCUT2D eigenvalue weighted by Gasteiger charge is 2.18. The highest BCUT2D eigenvalue weighted by Crippen LogP contribution is 2.42. The monoisotopic (exact) mass is 1320 g/mol. The predicted molar refractivity (Wildman–Crippen MR) is 347 cm³/mol. The summed E-state index contributed by atoms with van der Waals surface area (Å²) in [6, 6.07) is 68.2. The fraction of sp³-hybridized carbons (Fsp3) is 0. The van der Waals surface area contributed by atoms with E-state index in [0.29, 0.717) is 13.4 Å². The first-order valence-corrected chi connectivity index (χ1v) is 28.9. The average molecular weight is 1320 g/mol. The average Bonchev–Trinajstić information content (AvgIpc) is 3.03. The molecule has 14 rings (SSSR count). The van der Waals surface area contributed by atoms with Crippen molar-refractivity contribution < 1.29 is 14.1 Å². The minimum absolute atomic E-state index is 0.528. The van der Waals surface area contributed by atoms with E-state index in [1.165, 1.54) is 6.20 Å². The van der Waals surface area contributed by atoms with Crippen LogP contribution in [0.15, 0.2) is 284 Å². The van der Waals surface area contributed by atoms with Gasteiger partial charge >= 0.3 is 7.69 Å². The van der Waals surface area contributed by atoms with Crippen LogP contribution in [-0.4, -0.2) is 42.6 Å². The van der Waals surface area contributed by atoms with E-state index in [2.05, 4.69) is 221 Å². The number of para-hydroxylation sites is 1. The lowest BCUT2D eigenvalue weighted by molar-refractivity contribution is 0.452. The summed E-state index contributed by atoms with van der Waals surface area (Å²) in [5, 5.41) is 13.6. The fourth-order valence-electron chi connectivity index (χ4n) is 9.45. The summed E-state index contributed by atoms with van der Waals surface area (Å²) in [5.74, 6) is 0.528.